The highest BCUT2D eigenvalue weighted by Gasteiger charge is 2.12. The number of anilines is 1. The van der Waals surface area contributed by atoms with Crippen molar-refractivity contribution in [1.82, 2.24) is 5.32 Å². The van der Waals surface area contributed by atoms with Crippen LogP contribution in [0.15, 0.2) is 54.6 Å². The minimum atomic E-state index is -3.30. The predicted octanol–water partition coefficient (Wildman–Crippen LogP) is 2.38. The Morgan fingerprint density at radius 3 is 2.31 bits per heavy atom. The highest BCUT2D eigenvalue weighted by atomic mass is 32.2. The molecule has 0 aliphatic heterocycles. The smallest absolute Gasteiger partial charge is 0.257 e. The minimum absolute atomic E-state index is 0.0945. The van der Waals surface area contributed by atoms with Crippen molar-refractivity contribution >= 4 is 21.6 Å². The van der Waals surface area contributed by atoms with Crippen molar-refractivity contribution in [2.75, 3.05) is 30.8 Å². The molecule has 6 nitrogen and oxygen atoms in total. The Kier molecular flexibility index (Phi) is 6.63. The van der Waals surface area contributed by atoms with E-state index >= 15 is 0 Å². The van der Waals surface area contributed by atoms with Gasteiger partial charge in [0.2, 0.25) is 10.0 Å². The van der Waals surface area contributed by atoms with Crippen LogP contribution in [0.1, 0.15) is 18.4 Å². The molecule has 0 aliphatic rings. The van der Waals surface area contributed by atoms with E-state index in [1.165, 1.54) is 16.9 Å². The molecule has 0 radical (unpaired) electrons. The van der Waals surface area contributed by atoms with E-state index in [-0.39, 0.29) is 18.4 Å². The number of nitrogens with one attached hydrogen (secondary N) is 1. The second kappa shape index (κ2) is 8.71. The molecule has 0 heterocycles. The Balaban J connectivity index is 1.80. The Labute approximate surface area is 154 Å². The van der Waals surface area contributed by atoms with Gasteiger partial charge in [-0.3, -0.25) is 9.10 Å². The molecule has 0 saturated heterocycles. The summed E-state index contributed by atoms with van der Waals surface area (Å²) in [6.07, 6.45) is 1.14. The molecule has 1 amide bonds. The number of nitrogens with zero attached hydrogens (tertiary/aromatic N) is 1. The van der Waals surface area contributed by atoms with Crippen molar-refractivity contribution in [1.29, 1.82) is 0 Å². The topological polar surface area (TPSA) is 75.7 Å². The first kappa shape index (κ1) is 19.8. The van der Waals surface area contributed by atoms with E-state index in [0.29, 0.717) is 18.0 Å². The first-order chi connectivity index (χ1) is 12.3. The molecule has 7 heteroatoms. The van der Waals surface area contributed by atoms with Crippen molar-refractivity contribution in [3.8, 4) is 5.75 Å². The Morgan fingerprint density at radius 2 is 1.73 bits per heavy atom. The summed E-state index contributed by atoms with van der Waals surface area (Å²) in [5.74, 6) is 0.512. The summed E-state index contributed by atoms with van der Waals surface area (Å²) in [6, 6.07) is 16.5. The molecular formula is C19H24N2O4S. The summed E-state index contributed by atoms with van der Waals surface area (Å²) < 4.78 is 29.6. The fraction of sp³-hybridized carbons (Fsp3) is 0.316. The lowest BCUT2D eigenvalue weighted by Gasteiger charge is -2.17. The van der Waals surface area contributed by atoms with Crippen LogP contribution in [-0.2, 0) is 14.8 Å². The molecule has 0 saturated carbocycles. The minimum Gasteiger partial charge on any atom is -0.484 e. The largest absolute Gasteiger partial charge is 0.484 e. The first-order valence-corrected chi connectivity index (χ1v) is 10.1. The first-order valence-electron chi connectivity index (χ1n) is 8.26. The standard InChI is InChI=1S/C19H24N2O4S/c1-15(16-7-5-4-6-8-16)13-20-19(22)14-25-18-11-9-17(10-12-18)21(2)26(3,23)24/h4-12,15H,13-14H2,1-3H3,(H,20,22)/t15-/m0/s1. The van der Waals surface area contributed by atoms with Gasteiger partial charge in [0.15, 0.2) is 6.61 Å². The molecule has 1 atom stereocenters. The zero-order valence-electron chi connectivity index (χ0n) is 15.2. The van der Waals surface area contributed by atoms with Gasteiger partial charge >= 0.3 is 0 Å². The molecule has 2 aromatic carbocycles. The van der Waals surface area contributed by atoms with Crippen molar-refractivity contribution in [2.45, 2.75) is 12.8 Å². The third kappa shape index (κ3) is 5.77. The summed E-state index contributed by atoms with van der Waals surface area (Å²) in [5, 5.41) is 2.85. The van der Waals surface area contributed by atoms with Crippen LogP contribution in [0.5, 0.6) is 5.75 Å². The molecule has 0 aliphatic carbocycles. The van der Waals surface area contributed by atoms with Crippen molar-refractivity contribution in [3.63, 3.8) is 0 Å². The van der Waals surface area contributed by atoms with Crippen LogP contribution < -0.4 is 14.4 Å². The fourth-order valence-corrected chi connectivity index (χ4v) is 2.81. The number of carbonyl (C=O) groups excluding carboxylic acids is 1. The van der Waals surface area contributed by atoms with E-state index in [1.54, 1.807) is 24.3 Å². The second-order valence-electron chi connectivity index (χ2n) is 6.13. The number of hydrogen-bond donors (Lipinski definition) is 1. The van der Waals surface area contributed by atoms with E-state index in [4.69, 9.17) is 4.74 Å². The van der Waals surface area contributed by atoms with Crippen LogP contribution in [0.25, 0.3) is 0 Å². The molecular weight excluding hydrogens is 352 g/mol. The molecule has 140 valence electrons. The average molecular weight is 376 g/mol. The van der Waals surface area contributed by atoms with E-state index in [2.05, 4.69) is 5.32 Å². The zero-order valence-corrected chi connectivity index (χ0v) is 16.0. The monoisotopic (exact) mass is 376 g/mol. The molecule has 0 aromatic heterocycles. The van der Waals surface area contributed by atoms with Gasteiger partial charge in [-0.25, -0.2) is 8.42 Å². The summed E-state index contributed by atoms with van der Waals surface area (Å²) >= 11 is 0. The Hall–Kier alpha value is -2.54. The molecule has 0 fully saturated rings. The zero-order chi connectivity index (χ0) is 19.2. The summed E-state index contributed by atoms with van der Waals surface area (Å²) in [6.45, 7) is 2.49. The number of sulfonamides is 1. The van der Waals surface area contributed by atoms with Gasteiger partial charge in [0, 0.05) is 13.6 Å². The van der Waals surface area contributed by atoms with Crippen molar-refractivity contribution in [3.05, 3.63) is 60.2 Å². The van der Waals surface area contributed by atoms with Gasteiger partial charge in [-0.15, -0.1) is 0 Å². The number of hydrogen-bond acceptors (Lipinski definition) is 4. The Bertz CT molecular complexity index is 820. The second-order valence-corrected chi connectivity index (χ2v) is 8.14. The van der Waals surface area contributed by atoms with Gasteiger partial charge in [-0.05, 0) is 35.7 Å². The quantitative estimate of drug-likeness (QED) is 0.767. The van der Waals surface area contributed by atoms with Gasteiger partial charge in [-0.1, -0.05) is 37.3 Å². The van der Waals surface area contributed by atoms with E-state index < -0.39 is 10.0 Å². The van der Waals surface area contributed by atoms with E-state index in [0.717, 1.165) is 6.26 Å². The maximum absolute atomic E-state index is 11.9. The maximum atomic E-state index is 11.9. The van der Waals surface area contributed by atoms with Gasteiger partial charge in [0.25, 0.3) is 5.91 Å². The van der Waals surface area contributed by atoms with Crippen molar-refractivity contribution in [2.24, 2.45) is 0 Å². The highest BCUT2D eigenvalue weighted by Crippen LogP contribution is 2.20. The summed E-state index contributed by atoms with van der Waals surface area (Å²) in [5.41, 5.74) is 1.69. The Morgan fingerprint density at radius 1 is 1.12 bits per heavy atom. The van der Waals surface area contributed by atoms with Gasteiger partial charge in [0.1, 0.15) is 5.75 Å². The summed E-state index contributed by atoms with van der Waals surface area (Å²) in [7, 11) is -1.83. The third-order valence-corrected chi connectivity index (χ3v) is 5.25. The number of amides is 1. The van der Waals surface area contributed by atoms with E-state index in [9.17, 15) is 13.2 Å². The molecule has 0 unspecified atom stereocenters. The molecule has 1 N–H and O–H groups in total. The fourth-order valence-electron chi connectivity index (χ4n) is 2.31. The van der Waals surface area contributed by atoms with Gasteiger partial charge in [0.05, 0.1) is 11.9 Å². The molecule has 2 rings (SSSR count). The van der Waals surface area contributed by atoms with Crippen LogP contribution in [0.2, 0.25) is 0 Å². The summed E-state index contributed by atoms with van der Waals surface area (Å²) in [4.78, 5) is 11.9. The van der Waals surface area contributed by atoms with Crippen LogP contribution in [-0.4, -0.2) is 40.8 Å². The lowest BCUT2D eigenvalue weighted by atomic mass is 10.0. The van der Waals surface area contributed by atoms with Gasteiger partial charge < -0.3 is 10.1 Å². The van der Waals surface area contributed by atoms with Crippen LogP contribution in [0, 0.1) is 0 Å². The number of rotatable bonds is 8. The van der Waals surface area contributed by atoms with Crippen LogP contribution >= 0.6 is 0 Å². The highest BCUT2D eigenvalue weighted by molar-refractivity contribution is 7.92. The number of ether oxygens (including phenoxy) is 1. The molecule has 0 spiro atoms. The van der Waals surface area contributed by atoms with Crippen molar-refractivity contribution < 1.29 is 17.9 Å². The molecule has 2 aromatic rings. The number of benzene rings is 2. The normalized spacial score (nSPS) is 12.3. The average Bonchev–Trinajstić information content (AvgIpc) is 2.64. The number of carbonyl (C=O) groups is 1. The third-order valence-electron chi connectivity index (χ3n) is 4.04. The van der Waals surface area contributed by atoms with Crippen LogP contribution in [0.4, 0.5) is 5.69 Å². The maximum Gasteiger partial charge on any atom is 0.257 e. The van der Waals surface area contributed by atoms with Gasteiger partial charge in [-0.2, -0.15) is 0 Å². The lowest BCUT2D eigenvalue weighted by molar-refractivity contribution is -0.123. The molecule has 0 bridgehead atoms. The SMILES string of the molecule is C[C@@H](CNC(=O)COc1ccc(N(C)S(C)(=O)=O)cc1)c1ccccc1. The predicted molar refractivity (Wildman–Crippen MR) is 103 cm³/mol. The van der Waals surface area contributed by atoms with E-state index in [1.807, 2.05) is 37.3 Å². The lowest BCUT2D eigenvalue weighted by Crippen LogP contribution is -2.31. The van der Waals surface area contributed by atoms with Crippen LogP contribution in [0.3, 0.4) is 0 Å². The molecule has 26 heavy (non-hydrogen) atoms.